The molecule has 2 atom stereocenters. The maximum absolute atomic E-state index is 12.8. The maximum Gasteiger partial charge on any atom is 0.406 e. The van der Waals surface area contributed by atoms with Crippen LogP contribution < -0.4 is 5.73 Å². The zero-order chi connectivity index (χ0) is 12.6. The van der Waals surface area contributed by atoms with Crippen LogP contribution in [0.15, 0.2) is 0 Å². The summed E-state index contributed by atoms with van der Waals surface area (Å²) in [5, 5.41) is 0. The average molecular weight is 237 g/mol. The molecule has 1 nitrogen and oxygen atoms in total. The first kappa shape index (κ1) is 13.8. The molecule has 1 aliphatic rings. The lowest BCUT2D eigenvalue weighted by Gasteiger charge is -2.32. The summed E-state index contributed by atoms with van der Waals surface area (Å²) < 4.78 is 38.4. The summed E-state index contributed by atoms with van der Waals surface area (Å²) in [5.41, 5.74) is 3.65. The summed E-state index contributed by atoms with van der Waals surface area (Å²) in [6.45, 7) is 6.28. The van der Waals surface area contributed by atoms with E-state index in [-0.39, 0.29) is 18.3 Å². The molecule has 2 N–H and O–H groups in total. The fourth-order valence-electron chi connectivity index (χ4n) is 2.51. The Morgan fingerprint density at radius 2 is 1.62 bits per heavy atom. The summed E-state index contributed by atoms with van der Waals surface area (Å²) in [4.78, 5) is 0. The lowest BCUT2D eigenvalue weighted by molar-refractivity contribution is -0.189. The van der Waals surface area contributed by atoms with Crippen molar-refractivity contribution in [3.8, 4) is 0 Å². The highest BCUT2D eigenvalue weighted by Crippen LogP contribution is 2.44. The van der Waals surface area contributed by atoms with Crippen molar-refractivity contribution >= 4 is 0 Å². The maximum atomic E-state index is 12.8. The molecule has 4 heteroatoms. The van der Waals surface area contributed by atoms with Crippen molar-refractivity contribution in [2.45, 2.75) is 64.6 Å². The third kappa shape index (κ3) is 2.90. The Balaban J connectivity index is 2.73. The van der Waals surface area contributed by atoms with Gasteiger partial charge in [0.05, 0.1) is 0 Å². The third-order valence-corrected chi connectivity index (χ3v) is 3.90. The number of hydrogen-bond acceptors (Lipinski definition) is 1. The number of hydrogen-bond donors (Lipinski definition) is 1. The van der Waals surface area contributed by atoms with Gasteiger partial charge in [0.25, 0.3) is 0 Å². The van der Waals surface area contributed by atoms with Gasteiger partial charge in [0.1, 0.15) is 5.54 Å². The summed E-state index contributed by atoms with van der Waals surface area (Å²) >= 11 is 0. The molecule has 0 aromatic heterocycles. The molecule has 2 unspecified atom stereocenters. The van der Waals surface area contributed by atoms with Gasteiger partial charge in [-0.15, -0.1) is 0 Å². The number of alkyl halides is 3. The second-order valence-electron chi connectivity index (χ2n) is 6.15. The molecule has 0 heterocycles. The summed E-state index contributed by atoms with van der Waals surface area (Å²) in [5.74, 6) is 0.347. The highest BCUT2D eigenvalue weighted by molar-refractivity contribution is 4.95. The first-order chi connectivity index (χ1) is 7.06. The Morgan fingerprint density at radius 3 is 2.06 bits per heavy atom. The van der Waals surface area contributed by atoms with Crippen molar-refractivity contribution in [2.75, 3.05) is 0 Å². The molecule has 16 heavy (non-hydrogen) atoms. The Morgan fingerprint density at radius 1 is 1.06 bits per heavy atom. The molecule has 0 saturated heterocycles. The minimum atomic E-state index is -4.26. The SMILES string of the molecule is CC(C)(C)C1CCCC(N)(C(F)(F)F)CC1. The molecule has 0 aliphatic heterocycles. The molecule has 1 rings (SSSR count). The van der Waals surface area contributed by atoms with E-state index in [0.717, 1.165) is 6.42 Å². The van der Waals surface area contributed by atoms with E-state index in [0.29, 0.717) is 18.8 Å². The van der Waals surface area contributed by atoms with Crippen molar-refractivity contribution in [3.63, 3.8) is 0 Å². The molecular formula is C12H22F3N. The highest BCUT2D eigenvalue weighted by atomic mass is 19.4. The van der Waals surface area contributed by atoms with E-state index in [2.05, 4.69) is 20.8 Å². The zero-order valence-electron chi connectivity index (χ0n) is 10.3. The molecule has 0 radical (unpaired) electrons. The van der Waals surface area contributed by atoms with Gasteiger partial charge in [0.15, 0.2) is 0 Å². The van der Waals surface area contributed by atoms with E-state index in [1.165, 1.54) is 0 Å². The molecule has 0 aromatic rings. The van der Waals surface area contributed by atoms with E-state index < -0.39 is 11.7 Å². The van der Waals surface area contributed by atoms with Gasteiger partial charge in [0, 0.05) is 0 Å². The van der Waals surface area contributed by atoms with Gasteiger partial charge < -0.3 is 5.73 Å². The molecular weight excluding hydrogens is 215 g/mol. The minimum absolute atomic E-state index is 0.0679. The molecule has 0 aromatic carbocycles. The Bertz CT molecular complexity index is 242. The van der Waals surface area contributed by atoms with Crippen molar-refractivity contribution in [1.29, 1.82) is 0 Å². The van der Waals surface area contributed by atoms with Gasteiger partial charge in [-0.1, -0.05) is 27.2 Å². The van der Waals surface area contributed by atoms with Crippen LogP contribution in [0.1, 0.15) is 52.9 Å². The van der Waals surface area contributed by atoms with E-state index >= 15 is 0 Å². The first-order valence-electron chi connectivity index (χ1n) is 5.92. The molecule has 1 fully saturated rings. The lowest BCUT2D eigenvalue weighted by atomic mass is 9.76. The van der Waals surface area contributed by atoms with Crippen LogP contribution in [0.25, 0.3) is 0 Å². The summed E-state index contributed by atoms with van der Waals surface area (Å²) in [6.07, 6.45) is -2.10. The van der Waals surface area contributed by atoms with Gasteiger partial charge >= 0.3 is 6.18 Å². The molecule has 0 bridgehead atoms. The van der Waals surface area contributed by atoms with Gasteiger partial charge in [0.2, 0.25) is 0 Å². The van der Waals surface area contributed by atoms with Crippen LogP contribution >= 0.6 is 0 Å². The van der Waals surface area contributed by atoms with E-state index in [1.807, 2.05) is 0 Å². The molecule has 0 amide bonds. The van der Waals surface area contributed by atoms with E-state index in [9.17, 15) is 13.2 Å². The highest BCUT2D eigenvalue weighted by Gasteiger charge is 2.52. The van der Waals surface area contributed by atoms with E-state index in [4.69, 9.17) is 5.73 Å². The molecule has 1 saturated carbocycles. The number of halogens is 3. The normalized spacial score (nSPS) is 33.6. The first-order valence-corrected chi connectivity index (χ1v) is 5.92. The van der Waals surface area contributed by atoms with Gasteiger partial charge in [-0.25, -0.2) is 0 Å². The van der Waals surface area contributed by atoms with Crippen LogP contribution in [0.4, 0.5) is 13.2 Å². The fraction of sp³-hybridized carbons (Fsp3) is 1.00. The summed E-state index contributed by atoms with van der Waals surface area (Å²) in [6, 6.07) is 0. The number of rotatable bonds is 0. The second kappa shape index (κ2) is 4.21. The molecule has 96 valence electrons. The summed E-state index contributed by atoms with van der Waals surface area (Å²) in [7, 11) is 0. The monoisotopic (exact) mass is 237 g/mol. The lowest BCUT2D eigenvalue weighted by Crippen LogP contribution is -2.53. The van der Waals surface area contributed by atoms with Crippen molar-refractivity contribution < 1.29 is 13.2 Å². The van der Waals surface area contributed by atoms with Crippen LogP contribution in [0.2, 0.25) is 0 Å². The predicted octanol–water partition coefficient (Wildman–Crippen LogP) is 3.87. The Labute approximate surface area is 95.6 Å². The largest absolute Gasteiger partial charge is 0.406 e. The van der Waals surface area contributed by atoms with Crippen LogP contribution in [-0.2, 0) is 0 Å². The van der Waals surface area contributed by atoms with Crippen LogP contribution in [0.5, 0.6) is 0 Å². The Hall–Kier alpha value is -0.250. The second-order valence-corrected chi connectivity index (χ2v) is 6.15. The van der Waals surface area contributed by atoms with Crippen molar-refractivity contribution in [1.82, 2.24) is 0 Å². The topological polar surface area (TPSA) is 26.0 Å². The minimum Gasteiger partial charge on any atom is -0.318 e. The van der Waals surface area contributed by atoms with Crippen LogP contribution in [0.3, 0.4) is 0 Å². The third-order valence-electron chi connectivity index (χ3n) is 3.90. The zero-order valence-corrected chi connectivity index (χ0v) is 10.3. The average Bonchev–Trinajstić information content (AvgIpc) is 2.25. The van der Waals surface area contributed by atoms with E-state index in [1.54, 1.807) is 0 Å². The predicted molar refractivity (Wildman–Crippen MR) is 59.0 cm³/mol. The van der Waals surface area contributed by atoms with Crippen LogP contribution in [-0.4, -0.2) is 11.7 Å². The molecule has 1 aliphatic carbocycles. The smallest absolute Gasteiger partial charge is 0.318 e. The van der Waals surface area contributed by atoms with Crippen LogP contribution in [0, 0.1) is 11.3 Å². The number of nitrogens with two attached hydrogens (primary N) is 1. The van der Waals surface area contributed by atoms with Gasteiger partial charge in [-0.3, -0.25) is 0 Å². The fourth-order valence-corrected chi connectivity index (χ4v) is 2.51. The van der Waals surface area contributed by atoms with Gasteiger partial charge in [-0.05, 0) is 37.0 Å². The Kier molecular flexibility index (Phi) is 3.63. The standard InChI is InChI=1S/C12H22F3N/c1-10(2,3)9-5-4-7-11(16,8-6-9)12(13,14)15/h9H,4-8,16H2,1-3H3. The quantitative estimate of drug-likeness (QED) is 0.636. The molecule has 0 spiro atoms. The van der Waals surface area contributed by atoms with Crippen molar-refractivity contribution in [3.05, 3.63) is 0 Å². The van der Waals surface area contributed by atoms with Gasteiger partial charge in [-0.2, -0.15) is 13.2 Å². The van der Waals surface area contributed by atoms with Crippen molar-refractivity contribution in [2.24, 2.45) is 17.1 Å².